The molecule has 92 valence electrons. The summed E-state index contributed by atoms with van der Waals surface area (Å²) < 4.78 is 0. The molecule has 1 aliphatic heterocycles. The zero-order valence-corrected chi connectivity index (χ0v) is 11.9. The Balaban J connectivity index is 1.98. The van der Waals surface area contributed by atoms with E-state index in [1.807, 2.05) is 11.8 Å². The highest BCUT2D eigenvalue weighted by molar-refractivity contribution is 8.15. The minimum absolute atomic E-state index is 0.670. The highest BCUT2D eigenvalue weighted by atomic mass is 32.2. The molecular weight excluding hydrogens is 248 g/mol. The number of para-hydroxylation sites is 1. The highest BCUT2D eigenvalue weighted by Crippen LogP contribution is 2.29. The second-order valence-electron chi connectivity index (χ2n) is 4.00. The zero-order chi connectivity index (χ0) is 12.1. The number of hydrogen-bond donors (Lipinski definition) is 1. The van der Waals surface area contributed by atoms with Crippen LogP contribution in [0.1, 0.15) is 19.8 Å². The van der Waals surface area contributed by atoms with Crippen molar-refractivity contribution >= 4 is 34.4 Å². The van der Waals surface area contributed by atoms with Gasteiger partial charge in [-0.25, -0.2) is 0 Å². The third-order valence-corrected chi connectivity index (χ3v) is 4.64. The van der Waals surface area contributed by atoms with Crippen LogP contribution in [0.4, 0.5) is 5.69 Å². The van der Waals surface area contributed by atoms with Gasteiger partial charge in [0.2, 0.25) is 0 Å². The third-order valence-electron chi connectivity index (χ3n) is 2.68. The summed E-state index contributed by atoms with van der Waals surface area (Å²) in [5.41, 5.74) is 1.17. The van der Waals surface area contributed by atoms with Crippen LogP contribution in [0.2, 0.25) is 0 Å². The van der Waals surface area contributed by atoms with Gasteiger partial charge in [-0.3, -0.25) is 4.99 Å². The lowest BCUT2D eigenvalue weighted by atomic mass is 10.2. The summed E-state index contributed by atoms with van der Waals surface area (Å²) in [6.07, 6.45) is 4.59. The Labute approximate surface area is 112 Å². The molecule has 0 aliphatic carbocycles. The summed E-state index contributed by atoms with van der Waals surface area (Å²) in [6, 6.07) is 8.38. The highest BCUT2D eigenvalue weighted by Gasteiger charge is 2.19. The van der Waals surface area contributed by atoms with Gasteiger partial charge in [-0.05, 0) is 24.8 Å². The molecule has 1 heterocycles. The molecule has 0 aromatic heterocycles. The lowest BCUT2D eigenvalue weighted by Gasteiger charge is -2.10. The summed E-state index contributed by atoms with van der Waals surface area (Å²) in [5.74, 6) is 0. The molecule has 1 atom stereocenters. The molecule has 0 bridgehead atoms. The van der Waals surface area contributed by atoms with Crippen LogP contribution in [0, 0.1) is 0 Å². The van der Waals surface area contributed by atoms with E-state index in [1.54, 1.807) is 11.8 Å². The first-order chi connectivity index (χ1) is 8.33. The van der Waals surface area contributed by atoms with Crippen molar-refractivity contribution in [2.75, 3.05) is 18.1 Å². The smallest absolute Gasteiger partial charge is 0.161 e. The molecule has 0 saturated heterocycles. The van der Waals surface area contributed by atoms with Crippen LogP contribution in [-0.2, 0) is 0 Å². The average molecular weight is 266 g/mol. The van der Waals surface area contributed by atoms with Gasteiger partial charge in [-0.1, -0.05) is 37.2 Å². The van der Waals surface area contributed by atoms with Crippen LogP contribution in [0.15, 0.2) is 34.2 Å². The van der Waals surface area contributed by atoms with Gasteiger partial charge in [0.05, 0.1) is 12.2 Å². The SMILES string of the molecule is CCCC1CN=C(Nc2ccccc2SC)S1. The van der Waals surface area contributed by atoms with E-state index in [-0.39, 0.29) is 0 Å². The van der Waals surface area contributed by atoms with E-state index in [2.05, 4.69) is 47.8 Å². The van der Waals surface area contributed by atoms with Crippen molar-refractivity contribution in [1.82, 2.24) is 0 Å². The first kappa shape index (κ1) is 12.8. The molecule has 2 nitrogen and oxygen atoms in total. The molecule has 17 heavy (non-hydrogen) atoms. The van der Waals surface area contributed by atoms with Crippen LogP contribution in [-0.4, -0.2) is 23.2 Å². The number of nitrogens with zero attached hydrogens (tertiary/aromatic N) is 1. The van der Waals surface area contributed by atoms with E-state index in [4.69, 9.17) is 0 Å². The fourth-order valence-corrected chi connectivity index (χ4v) is 3.51. The van der Waals surface area contributed by atoms with Crippen molar-refractivity contribution in [3.05, 3.63) is 24.3 Å². The van der Waals surface area contributed by atoms with Gasteiger partial charge in [0.15, 0.2) is 5.17 Å². The Bertz CT molecular complexity index is 404. The van der Waals surface area contributed by atoms with Gasteiger partial charge in [-0.15, -0.1) is 11.8 Å². The van der Waals surface area contributed by atoms with Gasteiger partial charge >= 0.3 is 0 Å². The van der Waals surface area contributed by atoms with Crippen LogP contribution in [0.3, 0.4) is 0 Å². The number of anilines is 1. The lowest BCUT2D eigenvalue weighted by molar-refractivity contribution is 0.754. The van der Waals surface area contributed by atoms with Crippen LogP contribution >= 0.6 is 23.5 Å². The van der Waals surface area contributed by atoms with Crippen LogP contribution in [0.5, 0.6) is 0 Å². The number of rotatable bonds is 4. The molecule has 1 N–H and O–H groups in total. The Morgan fingerprint density at radius 3 is 3.06 bits per heavy atom. The number of hydrogen-bond acceptors (Lipinski definition) is 4. The minimum Gasteiger partial charge on any atom is -0.334 e. The predicted octanol–water partition coefficient (Wildman–Crippen LogP) is 4.09. The normalized spacial score (nSPS) is 19.2. The number of nitrogens with one attached hydrogen (secondary N) is 1. The molecule has 1 aliphatic rings. The summed E-state index contributed by atoms with van der Waals surface area (Å²) in [7, 11) is 0. The first-order valence-corrected chi connectivity index (χ1v) is 8.05. The van der Waals surface area contributed by atoms with Crippen molar-refractivity contribution in [2.24, 2.45) is 4.99 Å². The maximum Gasteiger partial charge on any atom is 0.161 e. The van der Waals surface area contributed by atoms with Crippen LogP contribution in [0.25, 0.3) is 0 Å². The van der Waals surface area contributed by atoms with E-state index in [1.165, 1.54) is 23.4 Å². The van der Waals surface area contributed by atoms with Crippen molar-refractivity contribution in [1.29, 1.82) is 0 Å². The molecule has 2 rings (SSSR count). The second kappa shape index (κ2) is 6.36. The molecule has 0 amide bonds. The predicted molar refractivity (Wildman–Crippen MR) is 80.4 cm³/mol. The monoisotopic (exact) mass is 266 g/mol. The first-order valence-electron chi connectivity index (χ1n) is 5.94. The van der Waals surface area contributed by atoms with Gasteiger partial charge in [0.1, 0.15) is 0 Å². The van der Waals surface area contributed by atoms with Gasteiger partial charge in [0.25, 0.3) is 0 Å². The third kappa shape index (κ3) is 3.42. The number of thioether (sulfide) groups is 2. The molecule has 1 aromatic carbocycles. The van der Waals surface area contributed by atoms with E-state index in [9.17, 15) is 0 Å². The molecular formula is C13H18N2S2. The van der Waals surface area contributed by atoms with E-state index in [0.29, 0.717) is 5.25 Å². The van der Waals surface area contributed by atoms with Crippen molar-refractivity contribution in [3.8, 4) is 0 Å². The maximum absolute atomic E-state index is 4.57. The number of benzene rings is 1. The van der Waals surface area contributed by atoms with Crippen molar-refractivity contribution in [3.63, 3.8) is 0 Å². The van der Waals surface area contributed by atoms with Crippen molar-refractivity contribution < 1.29 is 0 Å². The van der Waals surface area contributed by atoms with Gasteiger partial charge in [0, 0.05) is 10.1 Å². The van der Waals surface area contributed by atoms with E-state index < -0.39 is 0 Å². The molecule has 0 fully saturated rings. The molecule has 0 radical (unpaired) electrons. The summed E-state index contributed by atoms with van der Waals surface area (Å²) >= 11 is 3.64. The van der Waals surface area contributed by atoms with Gasteiger partial charge < -0.3 is 5.32 Å². The fourth-order valence-electron chi connectivity index (χ4n) is 1.82. The van der Waals surface area contributed by atoms with Gasteiger partial charge in [-0.2, -0.15) is 0 Å². The quantitative estimate of drug-likeness (QED) is 0.831. The molecule has 0 saturated carbocycles. The number of aliphatic imine (C=N–C) groups is 1. The average Bonchev–Trinajstić information content (AvgIpc) is 2.78. The Kier molecular flexibility index (Phi) is 4.80. The molecule has 1 aromatic rings. The zero-order valence-electron chi connectivity index (χ0n) is 10.3. The summed E-state index contributed by atoms with van der Waals surface area (Å²) in [6.45, 7) is 3.19. The summed E-state index contributed by atoms with van der Waals surface area (Å²) in [4.78, 5) is 5.84. The molecule has 4 heteroatoms. The standard InChI is InChI=1S/C13H18N2S2/c1-3-6-10-9-14-13(17-10)15-11-7-4-5-8-12(11)16-2/h4-5,7-8,10H,3,6,9H2,1-2H3,(H,14,15). The Morgan fingerprint density at radius 1 is 1.47 bits per heavy atom. The minimum atomic E-state index is 0.670. The largest absolute Gasteiger partial charge is 0.334 e. The van der Waals surface area contributed by atoms with E-state index >= 15 is 0 Å². The van der Waals surface area contributed by atoms with E-state index in [0.717, 1.165) is 11.7 Å². The second-order valence-corrected chi connectivity index (χ2v) is 6.14. The fraction of sp³-hybridized carbons (Fsp3) is 0.462. The lowest BCUT2D eigenvalue weighted by Crippen LogP contribution is -2.08. The molecule has 0 spiro atoms. The summed E-state index contributed by atoms with van der Waals surface area (Å²) in [5, 5.41) is 5.19. The Morgan fingerprint density at radius 2 is 2.29 bits per heavy atom. The topological polar surface area (TPSA) is 24.4 Å². The van der Waals surface area contributed by atoms with Crippen LogP contribution < -0.4 is 5.32 Å². The van der Waals surface area contributed by atoms with Crippen molar-refractivity contribution in [2.45, 2.75) is 29.9 Å². The maximum atomic E-state index is 4.57. The number of amidine groups is 1. The molecule has 1 unspecified atom stereocenters. The Hall–Kier alpha value is -0.610.